The maximum absolute atomic E-state index is 11.8. The number of carbonyl (C=O) groups is 3. The average molecular weight is 236 g/mol. The fourth-order valence-corrected chi connectivity index (χ4v) is 1.72. The Morgan fingerprint density at radius 2 is 1.76 bits per heavy atom. The predicted molar refractivity (Wildman–Crippen MR) is 54.0 cm³/mol. The Morgan fingerprint density at radius 1 is 1.12 bits per heavy atom. The van der Waals surface area contributed by atoms with E-state index in [0.29, 0.717) is 0 Å². The van der Waals surface area contributed by atoms with Crippen molar-refractivity contribution in [3.8, 4) is 5.75 Å². The first-order valence-corrected chi connectivity index (χ1v) is 4.78. The van der Waals surface area contributed by atoms with E-state index in [1.54, 1.807) is 12.1 Å². The highest BCUT2D eigenvalue weighted by atomic mass is 16.5. The number of ether oxygens (including phenoxy) is 1. The van der Waals surface area contributed by atoms with Crippen LogP contribution in [0.15, 0.2) is 24.3 Å². The third kappa shape index (κ3) is 1.73. The molecular formula is C11H8O6. The van der Waals surface area contributed by atoms with Crippen molar-refractivity contribution in [3.05, 3.63) is 29.8 Å². The van der Waals surface area contributed by atoms with Gasteiger partial charge < -0.3 is 14.9 Å². The van der Waals surface area contributed by atoms with Gasteiger partial charge in [-0.2, -0.15) is 0 Å². The van der Waals surface area contributed by atoms with Crippen LogP contribution in [0.4, 0.5) is 0 Å². The van der Waals surface area contributed by atoms with Crippen LogP contribution in [-0.4, -0.2) is 34.0 Å². The van der Waals surface area contributed by atoms with Crippen LogP contribution in [0.3, 0.4) is 0 Å². The second-order valence-corrected chi connectivity index (χ2v) is 3.55. The minimum absolute atomic E-state index is 0.0948. The normalized spacial score (nSPS) is 22.5. The molecule has 17 heavy (non-hydrogen) atoms. The van der Waals surface area contributed by atoms with Gasteiger partial charge in [-0.3, -0.25) is 9.59 Å². The van der Waals surface area contributed by atoms with Crippen LogP contribution >= 0.6 is 0 Å². The molecule has 6 nitrogen and oxygen atoms in total. The molecule has 1 aromatic carbocycles. The molecular weight excluding hydrogens is 228 g/mol. The molecule has 6 heteroatoms. The van der Waals surface area contributed by atoms with E-state index in [4.69, 9.17) is 14.9 Å². The van der Waals surface area contributed by atoms with Crippen molar-refractivity contribution < 1.29 is 29.3 Å². The highest BCUT2D eigenvalue weighted by molar-refractivity contribution is 6.13. The van der Waals surface area contributed by atoms with Gasteiger partial charge in [-0.1, -0.05) is 12.1 Å². The maximum Gasteiger partial charge on any atom is 0.346 e. The first kappa shape index (κ1) is 11.1. The lowest BCUT2D eigenvalue weighted by Gasteiger charge is -2.27. The molecule has 0 aromatic heterocycles. The monoisotopic (exact) mass is 236 g/mol. The molecule has 1 heterocycles. The number of carbonyl (C=O) groups excluding carboxylic acids is 1. The summed E-state index contributed by atoms with van der Waals surface area (Å²) in [5.41, 5.74) is 0.0948. The van der Waals surface area contributed by atoms with Gasteiger partial charge in [-0.05, 0) is 12.1 Å². The van der Waals surface area contributed by atoms with Gasteiger partial charge in [0.2, 0.25) is 6.10 Å². The number of carboxylic acid groups (broad SMARTS) is 2. The number of benzene rings is 1. The quantitative estimate of drug-likeness (QED) is 0.721. The molecule has 2 rings (SSSR count). The molecule has 1 aliphatic rings. The Hall–Kier alpha value is -2.37. The highest BCUT2D eigenvalue weighted by Gasteiger charge is 2.46. The number of fused-ring (bicyclic) bond motifs is 1. The molecule has 1 aromatic rings. The largest absolute Gasteiger partial charge is 0.481 e. The topological polar surface area (TPSA) is 101 Å². The Labute approximate surface area is 95.4 Å². The van der Waals surface area contributed by atoms with E-state index in [2.05, 4.69) is 0 Å². The second kappa shape index (κ2) is 3.89. The summed E-state index contributed by atoms with van der Waals surface area (Å²) in [7, 11) is 0. The third-order valence-corrected chi connectivity index (χ3v) is 2.50. The summed E-state index contributed by atoms with van der Waals surface area (Å²) >= 11 is 0. The molecule has 88 valence electrons. The zero-order chi connectivity index (χ0) is 12.6. The van der Waals surface area contributed by atoms with Crippen molar-refractivity contribution in [2.45, 2.75) is 6.10 Å². The van der Waals surface area contributed by atoms with Crippen LogP contribution in [0.1, 0.15) is 10.4 Å². The van der Waals surface area contributed by atoms with E-state index in [0.717, 1.165) is 0 Å². The smallest absolute Gasteiger partial charge is 0.346 e. The third-order valence-electron chi connectivity index (χ3n) is 2.50. The number of hydrogen-bond donors (Lipinski definition) is 2. The van der Waals surface area contributed by atoms with Crippen LogP contribution in [0, 0.1) is 5.92 Å². The summed E-state index contributed by atoms with van der Waals surface area (Å²) in [5, 5.41) is 17.7. The highest BCUT2D eigenvalue weighted by Crippen LogP contribution is 2.30. The lowest BCUT2D eigenvalue weighted by molar-refractivity contribution is -0.156. The van der Waals surface area contributed by atoms with Crippen LogP contribution in [0.5, 0.6) is 5.75 Å². The molecule has 0 fully saturated rings. The molecule has 1 aliphatic heterocycles. The number of carboxylic acids is 2. The molecule has 0 aliphatic carbocycles. The molecule has 0 bridgehead atoms. The van der Waals surface area contributed by atoms with Crippen molar-refractivity contribution in [1.82, 2.24) is 0 Å². The summed E-state index contributed by atoms with van der Waals surface area (Å²) in [4.78, 5) is 33.7. The van der Waals surface area contributed by atoms with Crippen molar-refractivity contribution in [3.63, 3.8) is 0 Å². The van der Waals surface area contributed by atoms with Gasteiger partial charge in [-0.15, -0.1) is 0 Å². The van der Waals surface area contributed by atoms with Crippen LogP contribution in [-0.2, 0) is 9.59 Å². The minimum atomic E-state index is -1.71. The van der Waals surface area contributed by atoms with Gasteiger partial charge in [0.25, 0.3) is 0 Å². The second-order valence-electron chi connectivity index (χ2n) is 3.55. The maximum atomic E-state index is 11.8. The summed E-state index contributed by atoms with van der Waals surface area (Å²) in [6, 6.07) is 5.97. The van der Waals surface area contributed by atoms with Gasteiger partial charge in [0.1, 0.15) is 5.75 Å². The van der Waals surface area contributed by atoms with Crippen molar-refractivity contribution in [2.24, 2.45) is 5.92 Å². The number of aliphatic carboxylic acids is 2. The predicted octanol–water partition coefficient (Wildman–Crippen LogP) is 0.416. The molecule has 0 saturated heterocycles. The van der Waals surface area contributed by atoms with E-state index in [9.17, 15) is 14.4 Å². The zero-order valence-corrected chi connectivity index (χ0v) is 8.49. The van der Waals surface area contributed by atoms with Crippen LogP contribution in [0.2, 0.25) is 0 Å². The van der Waals surface area contributed by atoms with Gasteiger partial charge in [0.05, 0.1) is 5.56 Å². The van der Waals surface area contributed by atoms with Gasteiger partial charge >= 0.3 is 11.9 Å². The van der Waals surface area contributed by atoms with Gasteiger partial charge in [-0.25, -0.2) is 4.79 Å². The van der Waals surface area contributed by atoms with Crippen LogP contribution < -0.4 is 4.74 Å². The number of Topliss-reactive ketones (excluding diaryl/α,β-unsaturated/α-hetero) is 1. The summed E-state index contributed by atoms with van der Waals surface area (Å²) < 4.78 is 5.04. The molecule has 2 atom stereocenters. The summed E-state index contributed by atoms with van der Waals surface area (Å²) in [6.45, 7) is 0. The molecule has 2 unspecified atom stereocenters. The lowest BCUT2D eigenvalue weighted by atomic mass is 9.89. The Kier molecular flexibility index (Phi) is 2.55. The first-order valence-electron chi connectivity index (χ1n) is 4.78. The molecule has 0 radical (unpaired) electrons. The molecule has 0 amide bonds. The number of para-hydroxylation sites is 1. The van der Waals surface area contributed by atoms with Gasteiger partial charge in [0, 0.05) is 0 Å². The molecule has 0 saturated carbocycles. The minimum Gasteiger partial charge on any atom is -0.481 e. The van der Waals surface area contributed by atoms with E-state index in [1.807, 2.05) is 0 Å². The standard InChI is InChI=1S/C11H8O6/c12-8-5-3-1-2-4-6(5)17-9(11(15)16)7(8)10(13)14/h1-4,7,9H,(H,13,14)(H,15,16). The molecule has 2 N–H and O–H groups in total. The fraction of sp³-hybridized carbons (Fsp3) is 0.182. The zero-order valence-electron chi connectivity index (χ0n) is 8.49. The van der Waals surface area contributed by atoms with Gasteiger partial charge in [0.15, 0.2) is 11.7 Å². The number of ketones is 1. The fourth-order valence-electron chi connectivity index (χ4n) is 1.72. The van der Waals surface area contributed by atoms with E-state index in [1.165, 1.54) is 12.1 Å². The Morgan fingerprint density at radius 3 is 2.35 bits per heavy atom. The van der Waals surface area contributed by atoms with E-state index in [-0.39, 0.29) is 11.3 Å². The Balaban J connectivity index is 2.52. The number of hydrogen-bond acceptors (Lipinski definition) is 4. The lowest BCUT2D eigenvalue weighted by Crippen LogP contribution is -2.47. The molecule has 0 spiro atoms. The average Bonchev–Trinajstić information content (AvgIpc) is 2.28. The van der Waals surface area contributed by atoms with E-state index < -0.39 is 29.7 Å². The van der Waals surface area contributed by atoms with Crippen molar-refractivity contribution in [2.75, 3.05) is 0 Å². The first-order chi connectivity index (χ1) is 8.02. The summed E-state index contributed by atoms with van der Waals surface area (Å²) in [5.74, 6) is -5.33. The Bertz CT molecular complexity index is 506. The van der Waals surface area contributed by atoms with Crippen molar-refractivity contribution >= 4 is 17.7 Å². The summed E-state index contributed by atoms with van der Waals surface area (Å²) in [6.07, 6.45) is -1.69. The van der Waals surface area contributed by atoms with Crippen molar-refractivity contribution in [1.29, 1.82) is 0 Å². The SMILES string of the molecule is O=C(O)C1Oc2ccccc2C(=O)C1C(=O)O. The van der Waals surface area contributed by atoms with Crippen LogP contribution in [0.25, 0.3) is 0 Å². The number of rotatable bonds is 2. The van der Waals surface area contributed by atoms with E-state index >= 15 is 0 Å².